The van der Waals surface area contributed by atoms with Gasteiger partial charge in [0.05, 0.1) is 5.56 Å². The van der Waals surface area contributed by atoms with Crippen LogP contribution in [0, 0.1) is 6.92 Å². The highest BCUT2D eigenvalue weighted by Crippen LogP contribution is 2.21. The van der Waals surface area contributed by atoms with Crippen LogP contribution in [-0.2, 0) is 0 Å². The number of pyridine rings is 1. The van der Waals surface area contributed by atoms with Crippen LogP contribution >= 0.6 is 0 Å². The van der Waals surface area contributed by atoms with Crippen LogP contribution in [0.4, 0.5) is 17.2 Å². The monoisotopic (exact) mass is 345 g/mol. The van der Waals surface area contributed by atoms with E-state index in [0.717, 1.165) is 16.9 Å². The van der Waals surface area contributed by atoms with Gasteiger partial charge >= 0.3 is 0 Å². The molecular formula is C22H23N3O. The first-order chi connectivity index (χ1) is 12.5. The maximum absolute atomic E-state index is 12.7. The van der Waals surface area contributed by atoms with E-state index in [1.165, 1.54) is 5.56 Å². The minimum Gasteiger partial charge on any atom is -0.340 e. The molecule has 1 amide bonds. The fourth-order valence-corrected chi connectivity index (χ4v) is 2.70. The maximum Gasteiger partial charge on any atom is 0.259 e. The Hall–Kier alpha value is -3.14. The zero-order valence-corrected chi connectivity index (χ0v) is 15.3. The molecule has 1 heterocycles. The van der Waals surface area contributed by atoms with E-state index in [2.05, 4.69) is 29.5 Å². The Kier molecular flexibility index (Phi) is 5.32. The molecule has 2 N–H and O–H groups in total. The molecule has 0 spiro atoms. The second kappa shape index (κ2) is 7.83. The largest absolute Gasteiger partial charge is 0.340 e. The second-order valence-electron chi connectivity index (χ2n) is 6.62. The van der Waals surface area contributed by atoms with Gasteiger partial charge in [-0.2, -0.15) is 0 Å². The van der Waals surface area contributed by atoms with Crippen molar-refractivity contribution in [2.45, 2.75) is 26.7 Å². The standard InChI is InChI=1S/C22H23N3O/c1-15(2)17-9-11-18(12-10-17)25-22(26)20-8-5-13-23-21(20)24-19-7-4-6-16(3)14-19/h4-15H,1-3H3,(H,23,24)(H,25,26). The molecule has 0 radical (unpaired) electrons. The summed E-state index contributed by atoms with van der Waals surface area (Å²) in [7, 11) is 0. The van der Waals surface area contributed by atoms with Crippen LogP contribution in [0.2, 0.25) is 0 Å². The molecule has 4 nitrogen and oxygen atoms in total. The molecule has 0 aliphatic carbocycles. The predicted octanol–water partition coefficient (Wildman–Crippen LogP) is 5.51. The highest BCUT2D eigenvalue weighted by atomic mass is 16.1. The Bertz CT molecular complexity index is 901. The minimum absolute atomic E-state index is 0.189. The zero-order valence-electron chi connectivity index (χ0n) is 15.3. The average Bonchev–Trinajstić information content (AvgIpc) is 2.62. The number of carbonyl (C=O) groups excluding carboxylic acids is 1. The smallest absolute Gasteiger partial charge is 0.259 e. The van der Waals surface area contributed by atoms with Gasteiger partial charge in [-0.05, 0) is 60.4 Å². The molecule has 4 heteroatoms. The molecule has 0 aliphatic heterocycles. The summed E-state index contributed by atoms with van der Waals surface area (Å²) in [5, 5.41) is 6.18. The predicted molar refractivity (Wildman–Crippen MR) is 107 cm³/mol. The van der Waals surface area contributed by atoms with E-state index in [9.17, 15) is 4.79 Å². The van der Waals surface area contributed by atoms with Gasteiger partial charge in [-0.1, -0.05) is 38.1 Å². The van der Waals surface area contributed by atoms with Gasteiger partial charge in [0.25, 0.3) is 5.91 Å². The lowest BCUT2D eigenvalue weighted by Gasteiger charge is -2.12. The van der Waals surface area contributed by atoms with E-state index in [-0.39, 0.29) is 5.91 Å². The highest BCUT2D eigenvalue weighted by molar-refractivity contribution is 6.07. The summed E-state index contributed by atoms with van der Waals surface area (Å²) in [6, 6.07) is 19.4. The third-order valence-corrected chi connectivity index (χ3v) is 4.17. The van der Waals surface area contributed by atoms with Crippen LogP contribution in [0.1, 0.15) is 41.3 Å². The Morgan fingerprint density at radius 3 is 2.42 bits per heavy atom. The number of nitrogens with zero attached hydrogens (tertiary/aromatic N) is 1. The van der Waals surface area contributed by atoms with Gasteiger partial charge in [-0.25, -0.2) is 4.98 Å². The number of rotatable bonds is 5. The van der Waals surface area contributed by atoms with Crippen LogP contribution in [0.15, 0.2) is 66.9 Å². The number of aromatic nitrogens is 1. The Balaban J connectivity index is 1.79. The molecule has 3 aromatic rings. The van der Waals surface area contributed by atoms with E-state index in [1.54, 1.807) is 18.3 Å². The van der Waals surface area contributed by atoms with E-state index < -0.39 is 0 Å². The van der Waals surface area contributed by atoms with Gasteiger partial charge in [0.1, 0.15) is 5.82 Å². The summed E-state index contributed by atoms with van der Waals surface area (Å²) in [5.74, 6) is 0.808. The normalized spacial score (nSPS) is 10.6. The number of carbonyl (C=O) groups is 1. The number of anilines is 3. The van der Waals surface area contributed by atoms with Gasteiger partial charge < -0.3 is 10.6 Å². The van der Waals surface area contributed by atoms with Crippen molar-refractivity contribution < 1.29 is 4.79 Å². The van der Waals surface area contributed by atoms with Crippen molar-refractivity contribution in [1.82, 2.24) is 4.98 Å². The third kappa shape index (κ3) is 4.28. The van der Waals surface area contributed by atoms with Crippen LogP contribution in [0.25, 0.3) is 0 Å². The quantitative estimate of drug-likeness (QED) is 0.641. The fourth-order valence-electron chi connectivity index (χ4n) is 2.70. The first-order valence-electron chi connectivity index (χ1n) is 8.73. The van der Waals surface area contributed by atoms with Crippen LogP contribution in [0.3, 0.4) is 0 Å². The number of aryl methyl sites for hydroxylation is 1. The lowest BCUT2D eigenvalue weighted by molar-refractivity contribution is 0.102. The van der Waals surface area contributed by atoms with E-state index >= 15 is 0 Å². The molecule has 3 rings (SSSR count). The van der Waals surface area contributed by atoms with Crippen molar-refractivity contribution in [3.05, 3.63) is 83.6 Å². The van der Waals surface area contributed by atoms with Crippen molar-refractivity contribution in [3.63, 3.8) is 0 Å². The van der Waals surface area contributed by atoms with E-state index in [1.807, 2.05) is 55.5 Å². The summed E-state index contributed by atoms with van der Waals surface area (Å²) in [6.07, 6.45) is 1.67. The summed E-state index contributed by atoms with van der Waals surface area (Å²) in [5.41, 5.74) is 4.55. The van der Waals surface area contributed by atoms with Crippen molar-refractivity contribution in [2.24, 2.45) is 0 Å². The number of benzene rings is 2. The third-order valence-electron chi connectivity index (χ3n) is 4.17. The fraction of sp³-hybridized carbons (Fsp3) is 0.182. The first-order valence-corrected chi connectivity index (χ1v) is 8.73. The van der Waals surface area contributed by atoms with E-state index in [0.29, 0.717) is 17.3 Å². The number of hydrogen-bond acceptors (Lipinski definition) is 3. The molecule has 0 unspecified atom stereocenters. The molecule has 0 saturated heterocycles. The lowest BCUT2D eigenvalue weighted by atomic mass is 10.0. The van der Waals surface area contributed by atoms with E-state index in [4.69, 9.17) is 0 Å². The molecule has 0 bridgehead atoms. The highest BCUT2D eigenvalue weighted by Gasteiger charge is 2.13. The number of nitrogens with one attached hydrogen (secondary N) is 2. The average molecular weight is 345 g/mol. The molecule has 132 valence electrons. The van der Waals surface area contributed by atoms with Gasteiger partial charge in [-0.15, -0.1) is 0 Å². The van der Waals surface area contributed by atoms with Crippen molar-refractivity contribution >= 4 is 23.1 Å². The molecule has 0 aliphatic rings. The minimum atomic E-state index is -0.189. The molecular weight excluding hydrogens is 322 g/mol. The molecule has 0 atom stereocenters. The Labute approximate surface area is 154 Å². The lowest BCUT2D eigenvalue weighted by Crippen LogP contribution is -2.14. The zero-order chi connectivity index (χ0) is 18.5. The van der Waals surface area contributed by atoms with Crippen molar-refractivity contribution in [3.8, 4) is 0 Å². The number of amides is 1. The van der Waals surface area contributed by atoms with Gasteiger partial charge in [0, 0.05) is 17.6 Å². The molecule has 2 aromatic carbocycles. The Morgan fingerprint density at radius 1 is 0.962 bits per heavy atom. The van der Waals surface area contributed by atoms with Crippen molar-refractivity contribution in [2.75, 3.05) is 10.6 Å². The summed E-state index contributed by atoms with van der Waals surface area (Å²) >= 11 is 0. The number of hydrogen-bond donors (Lipinski definition) is 2. The first kappa shape index (κ1) is 17.7. The molecule has 0 saturated carbocycles. The van der Waals surface area contributed by atoms with Crippen LogP contribution in [0.5, 0.6) is 0 Å². The summed E-state index contributed by atoms with van der Waals surface area (Å²) in [4.78, 5) is 17.1. The summed E-state index contributed by atoms with van der Waals surface area (Å²) in [6.45, 7) is 6.32. The molecule has 0 fully saturated rings. The topological polar surface area (TPSA) is 54.0 Å². The van der Waals surface area contributed by atoms with Gasteiger partial charge in [0.15, 0.2) is 0 Å². The maximum atomic E-state index is 12.7. The molecule has 26 heavy (non-hydrogen) atoms. The second-order valence-corrected chi connectivity index (χ2v) is 6.62. The van der Waals surface area contributed by atoms with Crippen molar-refractivity contribution in [1.29, 1.82) is 0 Å². The van der Waals surface area contributed by atoms with Gasteiger partial charge in [0.2, 0.25) is 0 Å². The molecule has 1 aromatic heterocycles. The summed E-state index contributed by atoms with van der Waals surface area (Å²) < 4.78 is 0. The van der Waals surface area contributed by atoms with Crippen LogP contribution < -0.4 is 10.6 Å². The Morgan fingerprint density at radius 2 is 1.73 bits per heavy atom. The SMILES string of the molecule is Cc1cccc(Nc2ncccc2C(=O)Nc2ccc(C(C)C)cc2)c1. The van der Waals surface area contributed by atoms with Crippen LogP contribution in [-0.4, -0.2) is 10.9 Å². The van der Waals surface area contributed by atoms with Gasteiger partial charge in [-0.3, -0.25) is 4.79 Å².